The Hall–Kier alpha value is -4.26. The van der Waals surface area contributed by atoms with Crippen molar-refractivity contribution in [1.29, 1.82) is 0 Å². The summed E-state index contributed by atoms with van der Waals surface area (Å²) >= 11 is 0. The zero-order valence-corrected chi connectivity index (χ0v) is 19.3. The Labute approximate surface area is 203 Å². The number of benzene rings is 2. The van der Waals surface area contributed by atoms with Gasteiger partial charge in [0.2, 0.25) is 0 Å². The quantitative estimate of drug-likeness (QED) is 0.399. The van der Waals surface area contributed by atoms with Gasteiger partial charge >= 0.3 is 5.97 Å². The van der Waals surface area contributed by atoms with Gasteiger partial charge in [0.05, 0.1) is 22.5 Å². The van der Waals surface area contributed by atoms with E-state index in [-0.39, 0.29) is 6.61 Å². The first-order valence-electron chi connectivity index (χ1n) is 11.8. The van der Waals surface area contributed by atoms with E-state index in [2.05, 4.69) is 20.2 Å². The Bertz CT molecular complexity index is 1330. The van der Waals surface area contributed by atoms with Gasteiger partial charge in [-0.3, -0.25) is 9.78 Å². The predicted molar refractivity (Wildman–Crippen MR) is 136 cm³/mol. The third kappa shape index (κ3) is 5.30. The van der Waals surface area contributed by atoms with E-state index in [1.54, 1.807) is 12.3 Å². The molecule has 0 spiro atoms. The minimum atomic E-state index is -0.587. The molecule has 0 bridgehead atoms. The highest BCUT2D eigenvalue weighted by atomic mass is 16.5. The van der Waals surface area contributed by atoms with E-state index in [0.717, 1.165) is 18.8 Å². The first-order valence-corrected chi connectivity index (χ1v) is 11.8. The summed E-state index contributed by atoms with van der Waals surface area (Å²) in [5.74, 6) is -0.983. The molecule has 176 valence electrons. The second-order valence-corrected chi connectivity index (χ2v) is 8.51. The van der Waals surface area contributed by atoms with Crippen LogP contribution in [-0.4, -0.2) is 41.5 Å². The van der Waals surface area contributed by atoms with Gasteiger partial charge < -0.3 is 15.0 Å². The van der Waals surface area contributed by atoms with Crippen molar-refractivity contribution in [2.45, 2.75) is 19.3 Å². The zero-order valence-electron chi connectivity index (χ0n) is 19.3. The highest BCUT2D eigenvalue weighted by Gasteiger charge is 2.17. The highest BCUT2D eigenvalue weighted by Crippen LogP contribution is 2.25. The molecule has 1 N–H and O–H groups in total. The van der Waals surface area contributed by atoms with Gasteiger partial charge in [0.1, 0.15) is 0 Å². The lowest BCUT2D eigenvalue weighted by atomic mass is 10.1. The summed E-state index contributed by atoms with van der Waals surface area (Å²) in [4.78, 5) is 36.7. The van der Waals surface area contributed by atoms with Crippen molar-refractivity contribution in [1.82, 2.24) is 9.97 Å². The number of hydrogen-bond donors (Lipinski definition) is 1. The number of ether oxygens (including phenoxy) is 1. The number of carbonyl (C=O) groups excluding carboxylic acids is 2. The summed E-state index contributed by atoms with van der Waals surface area (Å²) in [5.41, 5.74) is 4.03. The first-order chi connectivity index (χ1) is 17.2. The summed E-state index contributed by atoms with van der Waals surface area (Å²) in [6.45, 7) is 1.74. The molecular weight excluding hydrogens is 440 g/mol. The van der Waals surface area contributed by atoms with E-state index in [1.165, 1.54) is 19.3 Å². The molecule has 5 rings (SSSR count). The maximum Gasteiger partial charge on any atom is 0.339 e. The molecule has 0 saturated carbocycles. The van der Waals surface area contributed by atoms with Crippen LogP contribution in [0.2, 0.25) is 0 Å². The molecule has 0 radical (unpaired) electrons. The van der Waals surface area contributed by atoms with Gasteiger partial charge in [-0.2, -0.15) is 0 Å². The third-order valence-corrected chi connectivity index (χ3v) is 6.07. The molecule has 7 nitrogen and oxygen atoms in total. The smallest absolute Gasteiger partial charge is 0.339 e. The fourth-order valence-corrected chi connectivity index (χ4v) is 4.30. The summed E-state index contributed by atoms with van der Waals surface area (Å²) in [6, 6.07) is 22.3. The molecule has 2 aromatic carbocycles. The van der Waals surface area contributed by atoms with Gasteiger partial charge in [0, 0.05) is 36.0 Å². The monoisotopic (exact) mass is 466 g/mol. The van der Waals surface area contributed by atoms with Gasteiger partial charge in [0.25, 0.3) is 5.91 Å². The molecule has 1 aliphatic heterocycles. The van der Waals surface area contributed by atoms with Crippen molar-refractivity contribution in [3.63, 3.8) is 0 Å². The van der Waals surface area contributed by atoms with Gasteiger partial charge in [-0.1, -0.05) is 24.3 Å². The van der Waals surface area contributed by atoms with E-state index >= 15 is 0 Å². The molecule has 1 fully saturated rings. The molecule has 2 aromatic heterocycles. The van der Waals surface area contributed by atoms with E-state index in [0.29, 0.717) is 33.5 Å². The number of rotatable bonds is 6. The summed E-state index contributed by atoms with van der Waals surface area (Å²) in [6.07, 6.45) is 5.37. The third-order valence-electron chi connectivity index (χ3n) is 6.07. The molecular formula is C28H26N4O3. The Kier molecular flexibility index (Phi) is 6.66. The van der Waals surface area contributed by atoms with Crippen LogP contribution in [0.3, 0.4) is 0 Å². The number of amides is 1. The van der Waals surface area contributed by atoms with Gasteiger partial charge in [-0.25, -0.2) is 9.78 Å². The summed E-state index contributed by atoms with van der Waals surface area (Å²) in [5, 5.41) is 3.45. The van der Waals surface area contributed by atoms with Gasteiger partial charge in [0.15, 0.2) is 6.61 Å². The van der Waals surface area contributed by atoms with Crippen molar-refractivity contribution in [3.8, 4) is 11.4 Å². The number of hydrogen-bond acceptors (Lipinski definition) is 6. The fourth-order valence-electron chi connectivity index (χ4n) is 4.30. The van der Waals surface area contributed by atoms with E-state index in [9.17, 15) is 9.59 Å². The lowest BCUT2D eigenvalue weighted by molar-refractivity contribution is -0.119. The van der Waals surface area contributed by atoms with E-state index in [1.807, 2.05) is 66.7 Å². The number of nitrogens with one attached hydrogen (secondary N) is 1. The number of fused-ring (bicyclic) bond motifs is 1. The Morgan fingerprint density at radius 2 is 1.66 bits per heavy atom. The summed E-state index contributed by atoms with van der Waals surface area (Å²) in [7, 11) is 0. The van der Waals surface area contributed by atoms with Crippen molar-refractivity contribution in [3.05, 3.63) is 84.6 Å². The number of carbonyl (C=O) groups is 2. The fraction of sp³-hybridized carbons (Fsp3) is 0.214. The van der Waals surface area contributed by atoms with Crippen LogP contribution in [0.1, 0.15) is 29.6 Å². The molecule has 35 heavy (non-hydrogen) atoms. The minimum absolute atomic E-state index is 0.343. The summed E-state index contributed by atoms with van der Waals surface area (Å²) < 4.78 is 5.37. The standard InChI is InChI=1S/C28H26N4O3/c33-27(30-20-11-13-21(14-12-20)32-16-6-1-7-17-32)19-35-28(34)23-18-26(25-10-4-5-15-29-25)31-24-9-3-2-8-22(23)24/h2-5,8-15,18H,1,6-7,16-17,19H2,(H,30,33). The SMILES string of the molecule is O=C(COC(=O)c1cc(-c2ccccn2)nc2ccccc12)Nc1ccc(N2CCCCC2)cc1. The van der Waals surface area contributed by atoms with Gasteiger partial charge in [-0.15, -0.1) is 0 Å². The molecule has 7 heteroatoms. The van der Waals surface area contributed by atoms with Crippen LogP contribution in [0.25, 0.3) is 22.3 Å². The van der Waals surface area contributed by atoms with E-state index < -0.39 is 11.9 Å². The van der Waals surface area contributed by atoms with Crippen molar-refractivity contribution in [2.75, 3.05) is 29.9 Å². The number of aromatic nitrogens is 2. The maximum atomic E-state index is 13.0. The van der Waals surface area contributed by atoms with Crippen LogP contribution in [0.5, 0.6) is 0 Å². The average Bonchev–Trinajstić information content (AvgIpc) is 2.92. The number of anilines is 2. The normalized spacial score (nSPS) is 13.4. The second-order valence-electron chi connectivity index (χ2n) is 8.51. The average molecular weight is 467 g/mol. The van der Waals surface area contributed by atoms with Crippen LogP contribution in [0.15, 0.2) is 79.0 Å². The van der Waals surface area contributed by atoms with Crippen molar-refractivity contribution < 1.29 is 14.3 Å². The van der Waals surface area contributed by atoms with Gasteiger partial charge in [-0.05, 0) is 67.8 Å². The van der Waals surface area contributed by atoms with Crippen LogP contribution in [0, 0.1) is 0 Å². The van der Waals surface area contributed by atoms with Crippen molar-refractivity contribution in [2.24, 2.45) is 0 Å². The molecule has 1 amide bonds. The molecule has 1 saturated heterocycles. The molecule has 0 unspecified atom stereocenters. The highest BCUT2D eigenvalue weighted by molar-refractivity contribution is 6.05. The molecule has 1 aliphatic rings. The zero-order chi connectivity index (χ0) is 24.0. The van der Waals surface area contributed by atoms with Crippen molar-refractivity contribution >= 4 is 34.2 Å². The Morgan fingerprint density at radius 3 is 2.43 bits per heavy atom. The maximum absolute atomic E-state index is 13.0. The first kappa shape index (κ1) is 22.5. The minimum Gasteiger partial charge on any atom is -0.452 e. The molecule has 4 aromatic rings. The molecule has 0 atom stereocenters. The number of nitrogens with zero attached hydrogens (tertiary/aromatic N) is 3. The molecule has 3 heterocycles. The van der Waals surface area contributed by atoms with Crippen LogP contribution < -0.4 is 10.2 Å². The topological polar surface area (TPSA) is 84.4 Å². The lowest BCUT2D eigenvalue weighted by Gasteiger charge is -2.28. The number of piperidine rings is 1. The second kappa shape index (κ2) is 10.3. The van der Waals surface area contributed by atoms with E-state index in [4.69, 9.17) is 4.74 Å². The lowest BCUT2D eigenvalue weighted by Crippen LogP contribution is -2.29. The number of para-hydroxylation sites is 1. The predicted octanol–water partition coefficient (Wildman–Crippen LogP) is 5.08. The number of pyridine rings is 2. The van der Waals surface area contributed by atoms with Crippen LogP contribution in [-0.2, 0) is 9.53 Å². The van der Waals surface area contributed by atoms with Crippen LogP contribution in [0.4, 0.5) is 11.4 Å². The number of esters is 1. The Balaban J connectivity index is 1.26. The van der Waals surface area contributed by atoms with Crippen LogP contribution >= 0.6 is 0 Å². The largest absolute Gasteiger partial charge is 0.452 e. The Morgan fingerprint density at radius 1 is 0.886 bits per heavy atom. The molecule has 0 aliphatic carbocycles.